The predicted octanol–water partition coefficient (Wildman–Crippen LogP) is 4.54. The summed E-state index contributed by atoms with van der Waals surface area (Å²) in [6.07, 6.45) is 3.13. The lowest BCUT2D eigenvalue weighted by Crippen LogP contribution is -2.29. The second-order valence-electron chi connectivity index (χ2n) is 7.37. The van der Waals surface area contributed by atoms with Crippen LogP contribution in [0.15, 0.2) is 83.1 Å². The van der Waals surface area contributed by atoms with Crippen LogP contribution in [0.2, 0.25) is 0 Å². The van der Waals surface area contributed by atoms with E-state index >= 15 is 0 Å². The lowest BCUT2D eigenvalue weighted by molar-refractivity contribution is -0.132. The SMILES string of the molecule is CN(C)c1ccc([C@H]2C(=C(O)c3ccc(Br)cc3)C(=O)C(=O)N2c2cccnc2)cc1. The van der Waals surface area contributed by atoms with Crippen LogP contribution in [-0.2, 0) is 9.59 Å². The molecule has 2 aromatic carbocycles. The second-order valence-corrected chi connectivity index (χ2v) is 8.29. The summed E-state index contributed by atoms with van der Waals surface area (Å²) in [7, 11) is 3.87. The van der Waals surface area contributed by atoms with Crippen molar-refractivity contribution < 1.29 is 14.7 Å². The van der Waals surface area contributed by atoms with E-state index in [-0.39, 0.29) is 11.3 Å². The summed E-state index contributed by atoms with van der Waals surface area (Å²) >= 11 is 3.37. The Hall–Kier alpha value is -3.45. The normalized spacial score (nSPS) is 17.8. The van der Waals surface area contributed by atoms with Crippen molar-refractivity contribution in [3.05, 3.63) is 94.2 Å². The van der Waals surface area contributed by atoms with Crippen molar-refractivity contribution in [2.75, 3.05) is 23.9 Å². The van der Waals surface area contributed by atoms with Gasteiger partial charge in [-0.1, -0.05) is 40.2 Å². The number of ketones is 1. The van der Waals surface area contributed by atoms with Crippen LogP contribution in [0.3, 0.4) is 0 Å². The van der Waals surface area contributed by atoms with E-state index in [9.17, 15) is 14.7 Å². The minimum Gasteiger partial charge on any atom is -0.507 e. The van der Waals surface area contributed by atoms with Gasteiger partial charge in [0.25, 0.3) is 11.7 Å². The molecule has 0 radical (unpaired) electrons. The number of rotatable bonds is 4. The highest BCUT2D eigenvalue weighted by molar-refractivity contribution is 9.10. The molecule has 1 aromatic heterocycles. The number of Topliss-reactive ketones (excluding diaryl/α,β-unsaturated/α-hetero) is 1. The molecule has 0 unspecified atom stereocenters. The molecule has 4 rings (SSSR count). The van der Waals surface area contributed by atoms with E-state index in [1.807, 2.05) is 43.3 Å². The first-order valence-electron chi connectivity index (χ1n) is 9.62. The van der Waals surface area contributed by atoms with Crippen LogP contribution in [0.5, 0.6) is 0 Å². The van der Waals surface area contributed by atoms with E-state index in [2.05, 4.69) is 20.9 Å². The Morgan fingerprint density at radius 2 is 1.71 bits per heavy atom. The third-order valence-electron chi connectivity index (χ3n) is 5.21. The second kappa shape index (κ2) is 8.35. The van der Waals surface area contributed by atoms with Crippen LogP contribution in [0, 0.1) is 0 Å². The zero-order valence-electron chi connectivity index (χ0n) is 17.0. The fraction of sp³-hybridized carbons (Fsp3) is 0.125. The quantitative estimate of drug-likeness (QED) is 0.339. The van der Waals surface area contributed by atoms with Crippen LogP contribution < -0.4 is 9.80 Å². The topological polar surface area (TPSA) is 73.7 Å². The molecule has 1 atom stereocenters. The molecule has 0 spiro atoms. The van der Waals surface area contributed by atoms with Crippen molar-refractivity contribution in [3.8, 4) is 0 Å². The molecule has 1 fully saturated rings. The highest BCUT2D eigenvalue weighted by atomic mass is 79.9. The Balaban J connectivity index is 1.91. The summed E-state index contributed by atoms with van der Waals surface area (Å²) in [5, 5.41) is 11.1. The molecule has 0 aliphatic carbocycles. The molecule has 156 valence electrons. The fourth-order valence-electron chi connectivity index (χ4n) is 3.63. The minimum atomic E-state index is -0.774. The monoisotopic (exact) mass is 477 g/mol. The van der Waals surface area contributed by atoms with Gasteiger partial charge >= 0.3 is 0 Å². The number of anilines is 2. The first kappa shape index (κ1) is 20.8. The zero-order chi connectivity index (χ0) is 22.1. The van der Waals surface area contributed by atoms with Gasteiger partial charge in [-0.25, -0.2) is 0 Å². The molecule has 0 bridgehead atoms. The Morgan fingerprint density at radius 3 is 2.29 bits per heavy atom. The number of benzene rings is 2. The van der Waals surface area contributed by atoms with Crippen LogP contribution in [0.25, 0.3) is 5.76 Å². The average molecular weight is 478 g/mol. The number of aromatic nitrogens is 1. The van der Waals surface area contributed by atoms with Crippen molar-refractivity contribution in [2.24, 2.45) is 0 Å². The molecule has 1 aliphatic heterocycles. The van der Waals surface area contributed by atoms with Crippen molar-refractivity contribution in [1.29, 1.82) is 0 Å². The highest BCUT2D eigenvalue weighted by Gasteiger charge is 2.47. The molecule has 7 heteroatoms. The standard InChI is InChI=1S/C24H20BrN3O3/c1-27(2)18-11-7-15(8-12-18)21-20(22(29)16-5-9-17(25)10-6-16)23(30)24(31)28(21)19-4-3-13-26-14-19/h3-14,21,29H,1-2H3/t21-/m0/s1. The van der Waals surface area contributed by atoms with Crippen LogP contribution in [-0.4, -0.2) is 35.9 Å². The van der Waals surface area contributed by atoms with Crippen LogP contribution in [0.1, 0.15) is 17.2 Å². The van der Waals surface area contributed by atoms with E-state index in [1.165, 1.54) is 11.1 Å². The number of amides is 1. The number of nitrogens with zero attached hydrogens (tertiary/aromatic N) is 3. The van der Waals surface area contributed by atoms with Crippen molar-refractivity contribution in [2.45, 2.75) is 6.04 Å². The number of hydrogen-bond donors (Lipinski definition) is 1. The number of halogens is 1. The van der Waals surface area contributed by atoms with Gasteiger partial charge in [0.1, 0.15) is 5.76 Å². The number of aliphatic hydroxyl groups excluding tert-OH is 1. The van der Waals surface area contributed by atoms with E-state index in [0.29, 0.717) is 16.8 Å². The summed E-state index contributed by atoms with van der Waals surface area (Å²) in [6, 6.07) is 17.1. The Labute approximate surface area is 188 Å². The van der Waals surface area contributed by atoms with Gasteiger partial charge in [-0.15, -0.1) is 0 Å². The molecular weight excluding hydrogens is 458 g/mol. The highest BCUT2D eigenvalue weighted by Crippen LogP contribution is 2.42. The molecule has 1 N–H and O–H groups in total. The van der Waals surface area contributed by atoms with Crippen molar-refractivity contribution in [3.63, 3.8) is 0 Å². The van der Waals surface area contributed by atoms with E-state index < -0.39 is 17.7 Å². The predicted molar refractivity (Wildman–Crippen MR) is 124 cm³/mol. The molecule has 2 heterocycles. The van der Waals surface area contributed by atoms with E-state index in [0.717, 1.165) is 10.2 Å². The maximum Gasteiger partial charge on any atom is 0.300 e. The third kappa shape index (κ3) is 3.84. The summed E-state index contributed by atoms with van der Waals surface area (Å²) in [5.74, 6) is -1.64. The minimum absolute atomic E-state index is 0.0498. The number of hydrogen-bond acceptors (Lipinski definition) is 5. The molecule has 1 amide bonds. The maximum absolute atomic E-state index is 13.1. The summed E-state index contributed by atoms with van der Waals surface area (Å²) in [4.78, 5) is 33.6. The van der Waals surface area contributed by atoms with Crippen molar-refractivity contribution in [1.82, 2.24) is 4.98 Å². The van der Waals surface area contributed by atoms with Crippen molar-refractivity contribution >= 4 is 44.8 Å². The Morgan fingerprint density at radius 1 is 1.03 bits per heavy atom. The molecule has 6 nitrogen and oxygen atoms in total. The zero-order valence-corrected chi connectivity index (χ0v) is 18.6. The lowest BCUT2D eigenvalue weighted by Gasteiger charge is -2.25. The van der Waals surface area contributed by atoms with E-state index in [1.54, 1.807) is 42.6 Å². The van der Waals surface area contributed by atoms with Gasteiger partial charge in [-0.3, -0.25) is 19.5 Å². The van der Waals surface area contributed by atoms with Gasteiger partial charge in [0.2, 0.25) is 0 Å². The molecule has 3 aromatic rings. The van der Waals surface area contributed by atoms with Gasteiger partial charge < -0.3 is 10.0 Å². The maximum atomic E-state index is 13.1. The van der Waals surface area contributed by atoms with Crippen LogP contribution in [0.4, 0.5) is 11.4 Å². The van der Waals surface area contributed by atoms with Gasteiger partial charge in [-0.05, 0) is 42.0 Å². The van der Waals surface area contributed by atoms with E-state index in [4.69, 9.17) is 0 Å². The molecule has 0 saturated carbocycles. The van der Waals surface area contributed by atoms with Gasteiger partial charge in [0, 0.05) is 36.0 Å². The fourth-order valence-corrected chi connectivity index (χ4v) is 3.89. The molecule has 31 heavy (non-hydrogen) atoms. The van der Waals surface area contributed by atoms with Gasteiger partial charge in [-0.2, -0.15) is 0 Å². The average Bonchev–Trinajstić information content (AvgIpc) is 3.05. The van der Waals surface area contributed by atoms with Gasteiger partial charge in [0.15, 0.2) is 0 Å². The Bertz CT molecular complexity index is 1160. The smallest absolute Gasteiger partial charge is 0.300 e. The lowest BCUT2D eigenvalue weighted by atomic mass is 9.95. The van der Waals surface area contributed by atoms with Gasteiger partial charge in [0.05, 0.1) is 23.5 Å². The number of aliphatic hydroxyl groups is 1. The molecule has 1 aliphatic rings. The summed E-state index contributed by atoms with van der Waals surface area (Å²) < 4.78 is 0.843. The molecular formula is C24H20BrN3O3. The third-order valence-corrected chi connectivity index (χ3v) is 5.74. The summed E-state index contributed by atoms with van der Waals surface area (Å²) in [6.45, 7) is 0. The number of carbonyl (C=O) groups is 2. The summed E-state index contributed by atoms with van der Waals surface area (Å²) in [5.41, 5.74) is 2.69. The largest absolute Gasteiger partial charge is 0.507 e. The number of carbonyl (C=O) groups excluding carboxylic acids is 2. The van der Waals surface area contributed by atoms with Crippen LogP contribution >= 0.6 is 15.9 Å². The number of pyridine rings is 1. The molecule has 1 saturated heterocycles. The first-order valence-corrected chi connectivity index (χ1v) is 10.4. The Kier molecular flexibility index (Phi) is 5.61. The first-order chi connectivity index (χ1) is 14.9.